The molecular weight excluding hydrogens is 468 g/mol. The number of nitrogens with one attached hydrogen (secondary N) is 2. The van der Waals surface area contributed by atoms with Gasteiger partial charge in [-0.3, -0.25) is 0 Å². The third-order valence-electron chi connectivity index (χ3n) is 6.18. The molecule has 1 fully saturated rings. The minimum atomic E-state index is -0.146. The lowest BCUT2D eigenvalue weighted by Gasteiger charge is -2.19. The van der Waals surface area contributed by atoms with Crippen LogP contribution < -0.4 is 16.4 Å². The van der Waals surface area contributed by atoms with Crippen molar-refractivity contribution in [2.24, 2.45) is 0 Å². The van der Waals surface area contributed by atoms with Gasteiger partial charge in [0, 0.05) is 25.4 Å². The molecule has 2 amide bonds. The van der Waals surface area contributed by atoms with Gasteiger partial charge in [0.25, 0.3) is 0 Å². The van der Waals surface area contributed by atoms with E-state index in [0.717, 1.165) is 36.9 Å². The Morgan fingerprint density at radius 2 is 1.76 bits per heavy atom. The van der Waals surface area contributed by atoms with Gasteiger partial charge >= 0.3 is 6.03 Å². The van der Waals surface area contributed by atoms with Crippen LogP contribution >= 0.6 is 0 Å². The summed E-state index contributed by atoms with van der Waals surface area (Å²) in [5.41, 5.74) is 9.55. The van der Waals surface area contributed by atoms with E-state index in [1.807, 2.05) is 32.6 Å². The number of aromatic nitrogens is 4. The van der Waals surface area contributed by atoms with Gasteiger partial charge in [-0.05, 0) is 63.0 Å². The van der Waals surface area contributed by atoms with Crippen LogP contribution in [0.3, 0.4) is 0 Å². The van der Waals surface area contributed by atoms with Crippen molar-refractivity contribution in [1.82, 2.24) is 29.7 Å². The average Bonchev–Trinajstić information content (AvgIpc) is 3.54. The number of rotatable bonds is 6. The highest BCUT2D eigenvalue weighted by atomic mass is 16.2. The molecule has 0 bridgehead atoms. The molecular formula is C27H44N8O2. The summed E-state index contributed by atoms with van der Waals surface area (Å²) in [4.78, 5) is 26.3. The zero-order valence-electron chi connectivity index (χ0n) is 23.2. The number of carbonyl (C=O) groups excluding carboxylic acids is 1. The smallest absolute Gasteiger partial charge is 0.319 e. The lowest BCUT2D eigenvalue weighted by molar-refractivity contribution is 0.251. The molecule has 4 rings (SSSR count). The van der Waals surface area contributed by atoms with Crippen LogP contribution in [0.15, 0.2) is 36.9 Å². The van der Waals surface area contributed by atoms with Gasteiger partial charge in [-0.25, -0.2) is 19.7 Å². The molecule has 2 heterocycles. The fourth-order valence-corrected chi connectivity index (χ4v) is 4.15. The van der Waals surface area contributed by atoms with E-state index in [0.29, 0.717) is 18.4 Å². The summed E-state index contributed by atoms with van der Waals surface area (Å²) in [7, 11) is 5.05. The van der Waals surface area contributed by atoms with E-state index in [-0.39, 0.29) is 11.4 Å². The number of benzene rings is 1. The first-order valence-electron chi connectivity index (χ1n) is 12.8. The van der Waals surface area contributed by atoms with E-state index < -0.39 is 0 Å². The highest BCUT2D eigenvalue weighted by molar-refractivity contribution is 5.89. The molecule has 1 aliphatic rings. The Kier molecular flexibility index (Phi) is 11.7. The second kappa shape index (κ2) is 14.5. The minimum Gasteiger partial charge on any atom is -0.400 e. The number of nitrogens with zero attached hydrogens (tertiary/aromatic N) is 5. The summed E-state index contributed by atoms with van der Waals surface area (Å²) in [6, 6.07) is 8.40. The fourth-order valence-electron chi connectivity index (χ4n) is 4.15. The molecule has 5 N–H and O–H groups in total. The number of nitrogens with two attached hydrogens (primary N) is 1. The van der Waals surface area contributed by atoms with Crippen molar-refractivity contribution in [1.29, 1.82) is 0 Å². The molecule has 1 aliphatic carbocycles. The average molecular weight is 513 g/mol. The van der Waals surface area contributed by atoms with Crippen molar-refractivity contribution < 1.29 is 9.90 Å². The normalized spacial score (nSPS) is 13.5. The lowest BCUT2D eigenvalue weighted by Crippen LogP contribution is -2.31. The summed E-state index contributed by atoms with van der Waals surface area (Å²) in [6.07, 6.45) is 9.32. The number of imidazole rings is 1. The number of hydrogen-bond donors (Lipinski definition) is 4. The van der Waals surface area contributed by atoms with Gasteiger partial charge in [-0.15, -0.1) is 0 Å². The quantitative estimate of drug-likeness (QED) is 0.364. The Labute approximate surface area is 220 Å². The van der Waals surface area contributed by atoms with Crippen molar-refractivity contribution in [3.05, 3.63) is 42.5 Å². The highest BCUT2D eigenvalue weighted by Crippen LogP contribution is 2.31. The van der Waals surface area contributed by atoms with Crippen LogP contribution in [0, 0.1) is 0 Å². The number of aliphatic hydroxyl groups excluding tert-OH is 1. The zero-order chi connectivity index (χ0) is 27.4. The van der Waals surface area contributed by atoms with Gasteiger partial charge in [0.2, 0.25) is 0 Å². The van der Waals surface area contributed by atoms with Crippen molar-refractivity contribution in [3.63, 3.8) is 0 Å². The molecule has 3 aromatic rings. The molecule has 0 aliphatic heterocycles. The standard InChI is InChI=1S/C16H27N3O.C10H13N5.CH4O/c1-16(2,3)13-7-9-14(10-8-13)18-15(20)17-11-6-12-19(4)5;11-9-8-10(13-5-12-9)15(6-14-8)7-3-1-2-4-7;1-2/h7-10H,6,11-12H2,1-5H3,(H2,17,18,20);5-7H,1-4H2,(H2,11,12,13);2H,1H3. The Bertz CT molecular complexity index is 1080. The molecule has 1 saturated carbocycles. The summed E-state index contributed by atoms with van der Waals surface area (Å²) >= 11 is 0. The molecule has 0 saturated heterocycles. The number of amides is 2. The number of urea groups is 1. The molecule has 10 heteroatoms. The first-order valence-corrected chi connectivity index (χ1v) is 12.8. The summed E-state index contributed by atoms with van der Waals surface area (Å²) < 4.78 is 2.14. The van der Waals surface area contributed by atoms with Crippen LogP contribution in [0.5, 0.6) is 0 Å². The van der Waals surface area contributed by atoms with Crippen LogP contribution in [0.2, 0.25) is 0 Å². The SMILES string of the molecule is CN(C)CCCNC(=O)Nc1ccc(C(C)(C)C)cc1.CO.Nc1ncnc2c1ncn2C1CCCC1. The molecule has 0 spiro atoms. The second-order valence-electron chi connectivity index (χ2n) is 10.4. The number of hydrogen-bond acceptors (Lipinski definition) is 7. The Morgan fingerprint density at radius 3 is 2.35 bits per heavy atom. The number of nitrogen functional groups attached to an aromatic ring is 1. The maximum Gasteiger partial charge on any atom is 0.319 e. The van der Waals surface area contributed by atoms with Crippen LogP contribution in [-0.4, -0.2) is 69.9 Å². The fraction of sp³-hybridized carbons (Fsp3) is 0.556. The van der Waals surface area contributed by atoms with Crippen molar-refractivity contribution >= 4 is 28.7 Å². The molecule has 204 valence electrons. The molecule has 0 atom stereocenters. The molecule has 1 aromatic carbocycles. The van der Waals surface area contributed by atoms with E-state index in [9.17, 15) is 4.79 Å². The summed E-state index contributed by atoms with van der Waals surface area (Å²) in [6.45, 7) is 8.18. The van der Waals surface area contributed by atoms with Crippen molar-refractivity contribution in [3.8, 4) is 0 Å². The van der Waals surface area contributed by atoms with E-state index in [1.165, 1.54) is 37.6 Å². The van der Waals surface area contributed by atoms with E-state index >= 15 is 0 Å². The van der Waals surface area contributed by atoms with E-state index in [4.69, 9.17) is 10.8 Å². The van der Waals surface area contributed by atoms with Gasteiger partial charge in [-0.1, -0.05) is 45.7 Å². The first kappa shape index (κ1) is 30.0. The zero-order valence-corrected chi connectivity index (χ0v) is 23.2. The van der Waals surface area contributed by atoms with Crippen LogP contribution in [-0.2, 0) is 5.41 Å². The third-order valence-corrected chi connectivity index (χ3v) is 6.18. The second-order valence-corrected chi connectivity index (χ2v) is 10.4. The molecule has 37 heavy (non-hydrogen) atoms. The van der Waals surface area contributed by atoms with Gasteiger partial charge in [0.05, 0.1) is 6.33 Å². The number of aliphatic hydroxyl groups is 1. The maximum atomic E-state index is 11.7. The molecule has 0 unspecified atom stereocenters. The van der Waals surface area contributed by atoms with Crippen molar-refractivity contribution in [2.45, 2.75) is 64.3 Å². The van der Waals surface area contributed by atoms with Gasteiger partial charge in [-0.2, -0.15) is 0 Å². The third kappa shape index (κ3) is 9.29. The predicted octanol–water partition coefficient (Wildman–Crippen LogP) is 4.19. The summed E-state index contributed by atoms with van der Waals surface area (Å²) in [5.74, 6) is 0.469. The molecule has 0 radical (unpaired) electrons. The lowest BCUT2D eigenvalue weighted by atomic mass is 9.87. The Balaban J connectivity index is 0.000000251. The molecule has 10 nitrogen and oxygen atoms in total. The van der Waals surface area contributed by atoms with E-state index in [2.05, 4.69) is 68.0 Å². The monoisotopic (exact) mass is 512 g/mol. The van der Waals surface area contributed by atoms with Crippen LogP contribution in [0.25, 0.3) is 11.2 Å². The topological polar surface area (TPSA) is 134 Å². The number of anilines is 2. The number of fused-ring (bicyclic) bond motifs is 1. The Morgan fingerprint density at radius 1 is 1.11 bits per heavy atom. The van der Waals surface area contributed by atoms with Gasteiger partial charge in [0.15, 0.2) is 11.5 Å². The highest BCUT2D eigenvalue weighted by Gasteiger charge is 2.20. The van der Waals surface area contributed by atoms with Gasteiger partial charge in [0.1, 0.15) is 11.8 Å². The number of carbonyl (C=O) groups is 1. The predicted molar refractivity (Wildman–Crippen MR) is 151 cm³/mol. The van der Waals surface area contributed by atoms with Gasteiger partial charge < -0.3 is 30.9 Å². The van der Waals surface area contributed by atoms with Crippen molar-refractivity contribution in [2.75, 3.05) is 45.3 Å². The molecule has 2 aromatic heterocycles. The largest absolute Gasteiger partial charge is 0.400 e. The van der Waals surface area contributed by atoms with Crippen LogP contribution in [0.4, 0.5) is 16.3 Å². The minimum absolute atomic E-state index is 0.132. The Hall–Kier alpha value is -3.24. The van der Waals surface area contributed by atoms with E-state index in [1.54, 1.807) is 0 Å². The van der Waals surface area contributed by atoms with Crippen LogP contribution in [0.1, 0.15) is 64.5 Å². The summed E-state index contributed by atoms with van der Waals surface area (Å²) in [5, 5.41) is 12.7. The first-order chi connectivity index (χ1) is 17.6. The maximum absolute atomic E-state index is 11.7.